The molecule has 6 rings (SSSR count). The zero-order chi connectivity index (χ0) is 29.1. The first-order valence-electron chi connectivity index (χ1n) is 13.6. The zero-order valence-corrected chi connectivity index (χ0v) is 23.7. The van der Waals surface area contributed by atoms with E-state index in [0.29, 0.717) is 11.5 Å². The molecule has 3 heterocycles. The van der Waals surface area contributed by atoms with Crippen LogP contribution in [0.25, 0.3) is 16.9 Å². The molecule has 210 valence electrons. The van der Waals surface area contributed by atoms with Crippen LogP contribution < -0.4 is 10.2 Å². The number of hydrogen-bond donors (Lipinski definition) is 1. The fourth-order valence-electron chi connectivity index (χ4n) is 5.10. The summed E-state index contributed by atoms with van der Waals surface area (Å²) >= 11 is 1.41. The summed E-state index contributed by atoms with van der Waals surface area (Å²) in [5, 5.41) is 7.59. The summed E-state index contributed by atoms with van der Waals surface area (Å²) < 4.78 is 16.3. The molecule has 2 amide bonds. The minimum atomic E-state index is -0.406. The van der Waals surface area contributed by atoms with E-state index in [9.17, 15) is 14.0 Å². The third-order valence-electron chi connectivity index (χ3n) is 7.05. The van der Waals surface area contributed by atoms with Crippen LogP contribution in [0.2, 0.25) is 0 Å². The number of rotatable bonds is 7. The first kappa shape index (κ1) is 27.4. The van der Waals surface area contributed by atoms with Gasteiger partial charge >= 0.3 is 0 Å². The van der Waals surface area contributed by atoms with E-state index in [2.05, 4.69) is 10.3 Å². The zero-order valence-electron chi connectivity index (χ0n) is 22.9. The second-order valence-electron chi connectivity index (χ2n) is 10.1. The fraction of sp³-hybridized carbons (Fsp3) is 0.152. The molecule has 2 aromatic heterocycles. The quantitative estimate of drug-likeness (QED) is 0.262. The van der Waals surface area contributed by atoms with Crippen molar-refractivity contribution in [2.75, 3.05) is 17.2 Å². The first-order valence-corrected chi connectivity index (χ1v) is 14.6. The van der Waals surface area contributed by atoms with Gasteiger partial charge in [-0.1, -0.05) is 60.7 Å². The van der Waals surface area contributed by atoms with Crippen LogP contribution in [0, 0.1) is 12.7 Å². The number of carbonyl (C=O) groups is 2. The minimum Gasteiger partial charge on any atom is -0.350 e. The van der Waals surface area contributed by atoms with Crippen molar-refractivity contribution in [3.8, 4) is 16.9 Å². The lowest BCUT2D eigenvalue weighted by molar-refractivity contribution is -0.123. The average Bonchev–Trinajstić information content (AvgIpc) is 3.33. The van der Waals surface area contributed by atoms with E-state index in [1.54, 1.807) is 29.2 Å². The Balaban J connectivity index is 1.52. The Kier molecular flexibility index (Phi) is 7.83. The summed E-state index contributed by atoms with van der Waals surface area (Å²) in [6.45, 7) is 2.08. The smallest absolute Gasteiger partial charge is 0.240 e. The van der Waals surface area contributed by atoms with Gasteiger partial charge in [-0.15, -0.1) is 11.8 Å². The summed E-state index contributed by atoms with van der Waals surface area (Å²) in [5.41, 5.74) is 5.64. The Morgan fingerprint density at radius 3 is 2.62 bits per heavy atom. The molecule has 0 unspecified atom stereocenters. The predicted molar refractivity (Wildman–Crippen MR) is 163 cm³/mol. The highest BCUT2D eigenvalue weighted by atomic mass is 32.2. The van der Waals surface area contributed by atoms with Crippen molar-refractivity contribution in [3.63, 3.8) is 0 Å². The van der Waals surface area contributed by atoms with Crippen LogP contribution in [-0.4, -0.2) is 38.9 Å². The standard InChI is InChI=1S/C33H28FN5O2S/c1-22-8-5-14-27(16-22)39-33-30(31(37-39)24-10-3-2-4-11-24)32(25-12-6-13-26(34)17-25)42-21-29(41)38(33)20-28(40)36-19-23-9-7-15-35-18-23/h2-18,32H,19-21H2,1H3,(H,36,40)/t32-/m0/s1. The van der Waals surface area contributed by atoms with E-state index < -0.39 is 5.25 Å². The van der Waals surface area contributed by atoms with Gasteiger partial charge in [0.1, 0.15) is 18.2 Å². The van der Waals surface area contributed by atoms with Crippen LogP contribution in [0.3, 0.4) is 0 Å². The van der Waals surface area contributed by atoms with Crippen molar-refractivity contribution >= 4 is 29.4 Å². The molecule has 1 aliphatic heterocycles. The number of benzene rings is 3. The molecule has 7 nitrogen and oxygen atoms in total. The molecule has 3 aromatic carbocycles. The van der Waals surface area contributed by atoms with Gasteiger partial charge in [0.05, 0.1) is 22.4 Å². The molecule has 1 atom stereocenters. The Bertz CT molecular complexity index is 1740. The number of nitrogens with zero attached hydrogens (tertiary/aromatic N) is 4. The van der Waals surface area contributed by atoms with Gasteiger partial charge in [-0.2, -0.15) is 5.10 Å². The Labute approximate surface area is 247 Å². The van der Waals surface area contributed by atoms with Gasteiger partial charge in [-0.05, 0) is 53.9 Å². The van der Waals surface area contributed by atoms with E-state index in [1.807, 2.05) is 73.7 Å². The van der Waals surface area contributed by atoms with Crippen LogP contribution >= 0.6 is 11.8 Å². The topological polar surface area (TPSA) is 80.1 Å². The number of pyridine rings is 1. The van der Waals surface area contributed by atoms with Crippen LogP contribution in [0.5, 0.6) is 0 Å². The minimum absolute atomic E-state index is 0.105. The molecule has 0 radical (unpaired) electrons. The summed E-state index contributed by atoms with van der Waals surface area (Å²) in [6, 6.07) is 27.7. The van der Waals surface area contributed by atoms with Crippen molar-refractivity contribution < 1.29 is 14.0 Å². The molecule has 9 heteroatoms. The molecule has 42 heavy (non-hydrogen) atoms. The fourth-order valence-corrected chi connectivity index (χ4v) is 6.29. The number of hydrogen-bond acceptors (Lipinski definition) is 5. The number of carbonyl (C=O) groups excluding carboxylic acids is 2. The number of halogens is 1. The highest BCUT2D eigenvalue weighted by molar-refractivity contribution is 8.00. The SMILES string of the molecule is Cc1cccc(-n2nc(-c3ccccc3)c3c2N(CC(=O)NCc2cccnc2)C(=O)CS[C@H]3c2cccc(F)c2)c1. The number of fused-ring (bicyclic) bond motifs is 1. The van der Waals surface area contributed by atoms with E-state index >= 15 is 0 Å². The van der Waals surface area contributed by atoms with Gasteiger partial charge < -0.3 is 5.32 Å². The number of nitrogens with one attached hydrogen (secondary N) is 1. The summed E-state index contributed by atoms with van der Waals surface area (Å²) in [6.07, 6.45) is 3.36. The van der Waals surface area contributed by atoms with Crippen molar-refractivity contribution in [2.45, 2.75) is 18.7 Å². The second kappa shape index (κ2) is 12.0. The maximum atomic E-state index is 14.5. The maximum Gasteiger partial charge on any atom is 0.240 e. The number of anilines is 1. The molecule has 0 saturated heterocycles. The summed E-state index contributed by atoms with van der Waals surface area (Å²) in [7, 11) is 0. The molecule has 1 aliphatic rings. The number of amides is 2. The lowest BCUT2D eigenvalue weighted by Crippen LogP contribution is -2.42. The van der Waals surface area contributed by atoms with Crippen LogP contribution in [0.4, 0.5) is 10.2 Å². The second-order valence-corrected chi connectivity index (χ2v) is 11.2. The lowest BCUT2D eigenvalue weighted by Gasteiger charge is -2.23. The Morgan fingerprint density at radius 2 is 1.86 bits per heavy atom. The highest BCUT2D eigenvalue weighted by Crippen LogP contribution is 2.48. The molecular formula is C33H28FN5O2S. The van der Waals surface area contributed by atoms with Crippen molar-refractivity contribution in [2.24, 2.45) is 0 Å². The largest absolute Gasteiger partial charge is 0.350 e. The van der Waals surface area contributed by atoms with Crippen molar-refractivity contribution in [1.82, 2.24) is 20.1 Å². The van der Waals surface area contributed by atoms with Gasteiger partial charge in [0.15, 0.2) is 0 Å². The van der Waals surface area contributed by atoms with E-state index in [0.717, 1.165) is 33.5 Å². The van der Waals surface area contributed by atoms with Crippen molar-refractivity contribution in [3.05, 3.63) is 131 Å². The number of aryl methyl sites for hydroxylation is 1. The molecule has 0 spiro atoms. The highest BCUT2D eigenvalue weighted by Gasteiger charge is 2.37. The Morgan fingerprint density at radius 1 is 1.02 bits per heavy atom. The van der Waals surface area contributed by atoms with Gasteiger partial charge in [0.25, 0.3) is 0 Å². The number of thioether (sulfide) groups is 1. The van der Waals surface area contributed by atoms with E-state index in [1.165, 1.54) is 28.8 Å². The number of aromatic nitrogens is 3. The molecule has 0 saturated carbocycles. The third kappa shape index (κ3) is 5.69. The summed E-state index contributed by atoms with van der Waals surface area (Å²) in [4.78, 5) is 32.8. The van der Waals surface area contributed by atoms with Gasteiger partial charge in [-0.3, -0.25) is 19.5 Å². The molecular weight excluding hydrogens is 549 g/mol. The van der Waals surface area contributed by atoms with Gasteiger partial charge in [0, 0.05) is 30.1 Å². The van der Waals surface area contributed by atoms with E-state index in [-0.39, 0.29) is 36.5 Å². The maximum absolute atomic E-state index is 14.5. The first-order chi connectivity index (χ1) is 20.5. The monoisotopic (exact) mass is 577 g/mol. The van der Waals surface area contributed by atoms with Crippen LogP contribution in [0.1, 0.15) is 27.5 Å². The lowest BCUT2D eigenvalue weighted by atomic mass is 9.99. The normalized spacial score (nSPS) is 14.8. The van der Waals surface area contributed by atoms with E-state index in [4.69, 9.17) is 5.10 Å². The Hall–Kier alpha value is -4.76. The third-order valence-corrected chi connectivity index (χ3v) is 8.30. The molecule has 1 N–H and O–H groups in total. The predicted octanol–water partition coefficient (Wildman–Crippen LogP) is 5.87. The van der Waals surface area contributed by atoms with Crippen LogP contribution in [-0.2, 0) is 16.1 Å². The molecule has 0 aliphatic carbocycles. The van der Waals surface area contributed by atoms with Crippen LogP contribution in [0.15, 0.2) is 103 Å². The van der Waals surface area contributed by atoms with Crippen molar-refractivity contribution in [1.29, 1.82) is 0 Å². The molecule has 0 bridgehead atoms. The van der Waals surface area contributed by atoms with Gasteiger partial charge in [-0.25, -0.2) is 9.07 Å². The average molecular weight is 578 g/mol. The van der Waals surface area contributed by atoms with Gasteiger partial charge in [0.2, 0.25) is 11.8 Å². The summed E-state index contributed by atoms with van der Waals surface area (Å²) in [5.74, 6) is -0.298. The molecule has 5 aromatic rings. The molecule has 0 fully saturated rings.